The average molecular weight is 429 g/mol. The molecule has 2 aromatic heterocycles. The highest BCUT2D eigenvalue weighted by Crippen LogP contribution is 2.35. The molecule has 0 aliphatic heterocycles. The number of carbonyl (C=O) groups is 2. The molecule has 2 heterocycles. The first-order valence-corrected chi connectivity index (χ1v) is 11.1. The fourth-order valence-corrected chi connectivity index (χ4v) is 5.15. The van der Waals surface area contributed by atoms with E-state index < -0.39 is 5.91 Å². The SMILES string of the molecule is Cc1nc(SCC(=O)N(CCC(N)=O)Cc2ccccc2)c2c(C)c(C)sc2n1. The van der Waals surface area contributed by atoms with Crippen LogP contribution in [0.25, 0.3) is 10.2 Å². The predicted molar refractivity (Wildman–Crippen MR) is 118 cm³/mol. The van der Waals surface area contributed by atoms with E-state index in [0.29, 0.717) is 18.9 Å². The zero-order valence-electron chi connectivity index (χ0n) is 16.8. The summed E-state index contributed by atoms with van der Waals surface area (Å²) in [5.41, 5.74) is 7.47. The van der Waals surface area contributed by atoms with E-state index in [2.05, 4.69) is 23.8 Å². The van der Waals surface area contributed by atoms with Gasteiger partial charge in [0.15, 0.2) is 0 Å². The highest BCUT2D eigenvalue weighted by atomic mass is 32.2. The average Bonchev–Trinajstić information content (AvgIpc) is 2.97. The summed E-state index contributed by atoms with van der Waals surface area (Å²) in [4.78, 5) is 37.2. The smallest absolute Gasteiger partial charge is 0.233 e. The number of aryl methyl sites for hydroxylation is 3. The van der Waals surface area contributed by atoms with E-state index in [1.54, 1.807) is 16.2 Å². The Kier molecular flexibility index (Phi) is 6.87. The molecule has 0 bridgehead atoms. The van der Waals surface area contributed by atoms with Gasteiger partial charge in [-0.1, -0.05) is 42.1 Å². The molecule has 0 atom stereocenters. The number of primary amides is 1. The van der Waals surface area contributed by atoms with Crippen LogP contribution in [0, 0.1) is 20.8 Å². The second-order valence-corrected chi connectivity index (χ2v) is 9.01. The standard InChI is InChI=1S/C21H24N4O2S2/c1-13-14(2)29-21-19(13)20(23-15(3)24-21)28-12-18(27)25(10-9-17(22)26)11-16-7-5-4-6-8-16/h4-8H,9-12H2,1-3H3,(H2,22,26). The molecular weight excluding hydrogens is 404 g/mol. The van der Waals surface area contributed by atoms with E-state index in [1.165, 1.54) is 16.6 Å². The molecule has 2 N–H and O–H groups in total. The lowest BCUT2D eigenvalue weighted by molar-refractivity contribution is -0.129. The minimum absolute atomic E-state index is 0.0471. The number of amides is 2. The second kappa shape index (κ2) is 9.37. The highest BCUT2D eigenvalue weighted by molar-refractivity contribution is 8.00. The predicted octanol–water partition coefficient (Wildman–Crippen LogP) is 3.61. The van der Waals surface area contributed by atoms with Crippen LogP contribution < -0.4 is 5.73 Å². The Morgan fingerprint density at radius 3 is 2.55 bits per heavy atom. The van der Waals surface area contributed by atoms with Crippen LogP contribution in [0.3, 0.4) is 0 Å². The first-order chi connectivity index (χ1) is 13.8. The number of thiophene rings is 1. The van der Waals surface area contributed by atoms with Gasteiger partial charge in [0.2, 0.25) is 11.8 Å². The molecule has 0 unspecified atom stereocenters. The number of nitrogens with two attached hydrogens (primary N) is 1. The third-order valence-corrected chi connectivity index (χ3v) is 6.70. The summed E-state index contributed by atoms with van der Waals surface area (Å²) in [5, 5.41) is 1.86. The number of thioether (sulfide) groups is 1. The lowest BCUT2D eigenvalue weighted by Crippen LogP contribution is -2.34. The maximum absolute atomic E-state index is 13.0. The van der Waals surface area contributed by atoms with E-state index in [9.17, 15) is 9.59 Å². The van der Waals surface area contributed by atoms with Crippen molar-refractivity contribution in [2.75, 3.05) is 12.3 Å². The Bertz CT molecular complexity index is 1030. The molecule has 3 aromatic rings. The monoisotopic (exact) mass is 428 g/mol. The maximum atomic E-state index is 13.0. The van der Waals surface area contributed by atoms with Crippen LogP contribution in [0.15, 0.2) is 35.4 Å². The van der Waals surface area contributed by atoms with E-state index >= 15 is 0 Å². The molecule has 0 aliphatic carbocycles. The van der Waals surface area contributed by atoms with Crippen molar-refractivity contribution in [3.8, 4) is 0 Å². The van der Waals surface area contributed by atoms with Crippen molar-refractivity contribution in [1.29, 1.82) is 0 Å². The third-order valence-electron chi connectivity index (χ3n) is 4.64. The maximum Gasteiger partial charge on any atom is 0.233 e. The van der Waals surface area contributed by atoms with Crippen molar-refractivity contribution in [3.63, 3.8) is 0 Å². The summed E-state index contributed by atoms with van der Waals surface area (Å²) in [5.74, 6) is 0.476. The molecule has 29 heavy (non-hydrogen) atoms. The minimum Gasteiger partial charge on any atom is -0.370 e. The Balaban J connectivity index is 1.77. The van der Waals surface area contributed by atoms with Gasteiger partial charge >= 0.3 is 0 Å². The Hall–Kier alpha value is -2.45. The number of carbonyl (C=O) groups excluding carboxylic acids is 2. The van der Waals surface area contributed by atoms with Gasteiger partial charge < -0.3 is 10.6 Å². The zero-order valence-corrected chi connectivity index (χ0v) is 18.4. The van der Waals surface area contributed by atoms with Gasteiger partial charge in [-0.05, 0) is 31.9 Å². The van der Waals surface area contributed by atoms with Crippen LogP contribution in [0.5, 0.6) is 0 Å². The third kappa shape index (κ3) is 5.33. The molecule has 0 saturated carbocycles. The van der Waals surface area contributed by atoms with Crippen molar-refractivity contribution in [1.82, 2.24) is 14.9 Å². The van der Waals surface area contributed by atoms with Crippen LogP contribution in [0.4, 0.5) is 0 Å². The van der Waals surface area contributed by atoms with Crippen molar-refractivity contribution in [2.24, 2.45) is 5.73 Å². The van der Waals surface area contributed by atoms with Crippen LogP contribution >= 0.6 is 23.1 Å². The lowest BCUT2D eigenvalue weighted by atomic mass is 10.2. The summed E-state index contributed by atoms with van der Waals surface area (Å²) in [7, 11) is 0. The molecule has 2 amide bonds. The molecule has 3 rings (SSSR count). The van der Waals surface area contributed by atoms with Gasteiger partial charge in [-0.3, -0.25) is 9.59 Å². The topological polar surface area (TPSA) is 89.2 Å². The quantitative estimate of drug-likeness (QED) is 0.437. The van der Waals surface area contributed by atoms with Gasteiger partial charge in [0.05, 0.1) is 5.75 Å². The number of hydrogen-bond acceptors (Lipinski definition) is 6. The van der Waals surface area contributed by atoms with Gasteiger partial charge in [0.1, 0.15) is 15.7 Å². The molecule has 152 valence electrons. The summed E-state index contributed by atoms with van der Waals surface area (Å²) in [6.07, 6.45) is 0.142. The molecule has 6 nitrogen and oxygen atoms in total. The summed E-state index contributed by atoms with van der Waals surface area (Å²) < 4.78 is 0. The zero-order chi connectivity index (χ0) is 21.0. The van der Waals surface area contributed by atoms with Gasteiger partial charge in [-0.25, -0.2) is 9.97 Å². The van der Waals surface area contributed by atoms with E-state index in [1.807, 2.05) is 37.3 Å². The molecular formula is C21H24N4O2S2. The fourth-order valence-electron chi connectivity index (χ4n) is 2.98. The largest absolute Gasteiger partial charge is 0.370 e. The van der Waals surface area contributed by atoms with E-state index in [0.717, 1.165) is 26.4 Å². The molecule has 1 aromatic carbocycles. The number of fused-ring (bicyclic) bond motifs is 1. The van der Waals surface area contributed by atoms with E-state index in [-0.39, 0.29) is 18.1 Å². The Labute approximate surface area is 178 Å². The summed E-state index contributed by atoms with van der Waals surface area (Å²) in [6, 6.07) is 9.73. The molecule has 0 saturated heterocycles. The minimum atomic E-state index is -0.416. The van der Waals surface area contributed by atoms with Gasteiger partial charge in [-0.15, -0.1) is 11.3 Å². The van der Waals surface area contributed by atoms with Crippen molar-refractivity contribution in [3.05, 3.63) is 52.2 Å². The number of hydrogen-bond donors (Lipinski definition) is 1. The molecule has 0 fully saturated rings. The molecule has 8 heteroatoms. The number of benzene rings is 1. The van der Waals surface area contributed by atoms with Crippen LogP contribution in [0.1, 0.15) is 28.2 Å². The van der Waals surface area contributed by atoms with Gasteiger partial charge in [0, 0.05) is 29.8 Å². The first kappa shape index (κ1) is 21.3. The molecule has 0 aliphatic rings. The number of rotatable bonds is 8. The summed E-state index contributed by atoms with van der Waals surface area (Å²) >= 11 is 3.07. The van der Waals surface area contributed by atoms with Gasteiger partial charge in [0.25, 0.3) is 0 Å². The van der Waals surface area contributed by atoms with Crippen molar-refractivity contribution >= 4 is 45.1 Å². The molecule has 0 radical (unpaired) electrons. The van der Waals surface area contributed by atoms with Crippen molar-refractivity contribution in [2.45, 2.75) is 38.8 Å². The van der Waals surface area contributed by atoms with Gasteiger partial charge in [-0.2, -0.15) is 0 Å². The number of nitrogens with zero attached hydrogens (tertiary/aromatic N) is 3. The number of aromatic nitrogens is 2. The van der Waals surface area contributed by atoms with Crippen molar-refractivity contribution < 1.29 is 9.59 Å². The van der Waals surface area contributed by atoms with Crippen LogP contribution in [-0.2, 0) is 16.1 Å². The van der Waals surface area contributed by atoms with Crippen LogP contribution in [-0.4, -0.2) is 39.0 Å². The lowest BCUT2D eigenvalue weighted by Gasteiger charge is -2.22. The summed E-state index contributed by atoms with van der Waals surface area (Å²) in [6.45, 7) is 6.75. The second-order valence-electron chi connectivity index (χ2n) is 6.85. The van der Waals surface area contributed by atoms with E-state index in [4.69, 9.17) is 5.73 Å². The normalized spacial score (nSPS) is 11.0. The molecule has 0 spiro atoms. The first-order valence-electron chi connectivity index (χ1n) is 9.32. The highest BCUT2D eigenvalue weighted by Gasteiger charge is 2.19. The Morgan fingerprint density at radius 1 is 1.14 bits per heavy atom. The Morgan fingerprint density at radius 2 is 1.86 bits per heavy atom. The fraction of sp³-hybridized carbons (Fsp3) is 0.333. The van der Waals surface area contributed by atoms with Crippen LogP contribution in [0.2, 0.25) is 0 Å².